The SMILES string of the molecule is C[C@@H]1COCCN1c1cc(N=S2(=O)CCCC2)c2c(n1)c(-c1ccnn1C1CCCCO1)nn2COCC[Si](C)(C)C. The van der Waals surface area contributed by atoms with Gasteiger partial charge in [-0.25, -0.2) is 18.6 Å². The minimum absolute atomic E-state index is 0.142. The van der Waals surface area contributed by atoms with E-state index in [-0.39, 0.29) is 19.0 Å². The van der Waals surface area contributed by atoms with Crippen molar-refractivity contribution in [1.29, 1.82) is 0 Å². The summed E-state index contributed by atoms with van der Waals surface area (Å²) in [6, 6.07) is 5.20. The molecule has 0 spiro atoms. The number of aromatic nitrogens is 5. The highest BCUT2D eigenvalue weighted by molar-refractivity contribution is 7.93. The second-order valence-corrected chi connectivity index (χ2v) is 21.1. The highest BCUT2D eigenvalue weighted by Crippen LogP contribution is 2.38. The molecule has 3 aliphatic heterocycles. The molecule has 1 unspecified atom stereocenters. The molecule has 0 radical (unpaired) electrons. The van der Waals surface area contributed by atoms with Gasteiger partial charge in [-0.15, -0.1) is 0 Å². The minimum atomic E-state index is -2.35. The van der Waals surface area contributed by atoms with Crippen molar-refractivity contribution in [2.24, 2.45) is 4.36 Å². The lowest BCUT2D eigenvalue weighted by Crippen LogP contribution is -2.44. The summed E-state index contributed by atoms with van der Waals surface area (Å²) in [5.74, 6) is 2.05. The molecule has 42 heavy (non-hydrogen) atoms. The monoisotopic (exact) mass is 615 g/mol. The van der Waals surface area contributed by atoms with Crippen LogP contribution < -0.4 is 4.90 Å². The summed E-state index contributed by atoms with van der Waals surface area (Å²) in [7, 11) is -3.61. The third-order valence-corrected chi connectivity index (χ3v) is 12.4. The van der Waals surface area contributed by atoms with Crippen LogP contribution in [0.3, 0.4) is 0 Å². The first-order chi connectivity index (χ1) is 20.2. The van der Waals surface area contributed by atoms with Gasteiger partial charge in [0.1, 0.15) is 35.0 Å². The summed E-state index contributed by atoms with van der Waals surface area (Å²) >= 11 is 0. The molecule has 230 valence electrons. The van der Waals surface area contributed by atoms with Crippen molar-refractivity contribution in [1.82, 2.24) is 24.5 Å². The molecule has 13 heteroatoms. The minimum Gasteiger partial charge on any atom is -0.377 e. The Morgan fingerprint density at radius 2 is 2.00 bits per heavy atom. The third kappa shape index (κ3) is 6.45. The summed E-state index contributed by atoms with van der Waals surface area (Å²) in [5, 5.41) is 9.78. The number of ether oxygens (including phenoxy) is 3. The van der Waals surface area contributed by atoms with Gasteiger partial charge in [-0.1, -0.05) is 19.6 Å². The van der Waals surface area contributed by atoms with Gasteiger partial charge in [0.15, 0.2) is 6.23 Å². The summed E-state index contributed by atoms with van der Waals surface area (Å²) in [6.45, 7) is 12.8. The van der Waals surface area contributed by atoms with Crippen LogP contribution in [0.5, 0.6) is 0 Å². The highest BCUT2D eigenvalue weighted by atomic mass is 32.2. The van der Waals surface area contributed by atoms with Crippen molar-refractivity contribution in [3.8, 4) is 11.4 Å². The van der Waals surface area contributed by atoms with Gasteiger partial charge in [-0.3, -0.25) is 0 Å². The Balaban J connectivity index is 1.52. The summed E-state index contributed by atoms with van der Waals surface area (Å²) in [6.07, 6.45) is 6.60. The molecule has 0 N–H and O–H groups in total. The first kappa shape index (κ1) is 29.7. The fourth-order valence-electron chi connectivity index (χ4n) is 5.90. The highest BCUT2D eigenvalue weighted by Gasteiger charge is 2.29. The van der Waals surface area contributed by atoms with E-state index in [0.29, 0.717) is 42.7 Å². The Morgan fingerprint density at radius 3 is 2.74 bits per heavy atom. The topological polar surface area (TPSA) is 109 Å². The molecular formula is C29H45N7O4SSi. The van der Waals surface area contributed by atoms with Gasteiger partial charge >= 0.3 is 0 Å². The van der Waals surface area contributed by atoms with Crippen LogP contribution in [0.1, 0.15) is 45.3 Å². The molecule has 0 aromatic carbocycles. The van der Waals surface area contributed by atoms with Gasteiger partial charge in [0.25, 0.3) is 0 Å². The fraction of sp³-hybridized carbons (Fsp3) is 0.690. The molecule has 2 atom stereocenters. The number of nitrogens with zero attached hydrogens (tertiary/aromatic N) is 7. The van der Waals surface area contributed by atoms with E-state index in [1.54, 1.807) is 6.20 Å². The van der Waals surface area contributed by atoms with Gasteiger partial charge in [0.2, 0.25) is 0 Å². The standard InChI is InChI=1S/C29H45N7O4SSi/c1-22-20-38-14-12-34(22)25-19-23(33-41(37)16-7-8-17-41)29-28(31-25)27(32-35(29)21-39-15-18-42(2,3)4)24-10-11-30-36(24)26-9-5-6-13-40-26/h10-11,19,22,26H,5-9,12-18,20-21H2,1-4H3/t22-,26?/m1/s1. The predicted octanol–water partition coefficient (Wildman–Crippen LogP) is 5.42. The van der Waals surface area contributed by atoms with Crippen LogP contribution in [0.2, 0.25) is 25.7 Å². The van der Waals surface area contributed by atoms with Gasteiger partial charge in [0.05, 0.1) is 34.7 Å². The molecule has 6 rings (SSSR count). The van der Waals surface area contributed by atoms with E-state index in [2.05, 4.69) is 36.6 Å². The van der Waals surface area contributed by atoms with Crippen molar-refractivity contribution in [3.63, 3.8) is 0 Å². The van der Waals surface area contributed by atoms with Crippen molar-refractivity contribution in [2.75, 3.05) is 49.4 Å². The van der Waals surface area contributed by atoms with Crippen LogP contribution in [0, 0.1) is 0 Å². The molecule has 3 aromatic rings. The molecular weight excluding hydrogens is 571 g/mol. The van der Waals surface area contributed by atoms with Gasteiger partial charge in [0, 0.05) is 51.6 Å². The largest absolute Gasteiger partial charge is 0.377 e. The van der Waals surface area contributed by atoms with Gasteiger partial charge in [-0.2, -0.15) is 14.6 Å². The smallest absolute Gasteiger partial charge is 0.150 e. The summed E-state index contributed by atoms with van der Waals surface area (Å²) in [5.41, 5.74) is 3.72. The van der Waals surface area contributed by atoms with E-state index in [9.17, 15) is 4.21 Å². The average molecular weight is 616 g/mol. The summed E-state index contributed by atoms with van der Waals surface area (Å²) in [4.78, 5) is 7.50. The van der Waals surface area contributed by atoms with Crippen LogP contribution in [-0.2, 0) is 30.7 Å². The van der Waals surface area contributed by atoms with Crippen LogP contribution >= 0.6 is 0 Å². The number of rotatable bonds is 9. The van der Waals surface area contributed by atoms with Crippen LogP contribution in [0.15, 0.2) is 22.7 Å². The quantitative estimate of drug-likeness (QED) is 0.232. The second kappa shape index (κ2) is 12.3. The number of fused-ring (bicyclic) bond motifs is 1. The predicted molar refractivity (Wildman–Crippen MR) is 169 cm³/mol. The molecule has 11 nitrogen and oxygen atoms in total. The number of anilines is 1. The fourth-order valence-corrected chi connectivity index (χ4v) is 8.86. The molecule has 3 aromatic heterocycles. The first-order valence-corrected chi connectivity index (χ1v) is 21.0. The van der Waals surface area contributed by atoms with Crippen molar-refractivity contribution in [2.45, 2.75) is 83.7 Å². The van der Waals surface area contributed by atoms with Crippen molar-refractivity contribution in [3.05, 3.63) is 18.3 Å². The number of hydrogen-bond donors (Lipinski definition) is 0. The van der Waals surface area contributed by atoms with E-state index in [0.717, 1.165) is 73.8 Å². The summed E-state index contributed by atoms with van der Waals surface area (Å²) < 4.78 is 40.7. The maximum atomic E-state index is 13.8. The molecule has 0 amide bonds. The second-order valence-electron chi connectivity index (χ2n) is 13.0. The Bertz CT molecular complexity index is 1510. The molecule has 6 heterocycles. The lowest BCUT2D eigenvalue weighted by Gasteiger charge is -2.34. The third-order valence-electron chi connectivity index (χ3n) is 8.32. The number of pyridine rings is 1. The van der Waals surface area contributed by atoms with E-state index < -0.39 is 17.8 Å². The van der Waals surface area contributed by atoms with E-state index >= 15 is 0 Å². The zero-order chi connectivity index (χ0) is 29.3. The first-order valence-electron chi connectivity index (χ1n) is 15.4. The van der Waals surface area contributed by atoms with Crippen LogP contribution in [0.4, 0.5) is 11.5 Å². The molecule has 0 aliphatic carbocycles. The lowest BCUT2D eigenvalue weighted by molar-refractivity contribution is -0.0384. The maximum Gasteiger partial charge on any atom is 0.150 e. The van der Waals surface area contributed by atoms with Gasteiger partial charge < -0.3 is 19.1 Å². The molecule has 3 fully saturated rings. The zero-order valence-electron chi connectivity index (χ0n) is 25.5. The molecule has 0 saturated carbocycles. The molecule has 3 aliphatic rings. The average Bonchev–Trinajstić information content (AvgIpc) is 3.70. The van der Waals surface area contributed by atoms with Gasteiger partial charge in [-0.05, 0) is 51.1 Å². The molecule has 3 saturated heterocycles. The van der Waals surface area contributed by atoms with E-state index in [4.69, 9.17) is 28.7 Å². The normalized spacial score (nSPS) is 23.1. The van der Waals surface area contributed by atoms with Crippen molar-refractivity contribution >= 4 is 40.3 Å². The van der Waals surface area contributed by atoms with Crippen LogP contribution in [-0.4, -0.2) is 87.3 Å². The van der Waals surface area contributed by atoms with Crippen LogP contribution in [0.25, 0.3) is 22.4 Å². The Morgan fingerprint density at radius 1 is 1.17 bits per heavy atom. The number of morpholine rings is 1. The zero-order valence-corrected chi connectivity index (χ0v) is 27.3. The lowest BCUT2D eigenvalue weighted by atomic mass is 10.1. The van der Waals surface area contributed by atoms with E-state index in [1.807, 2.05) is 21.5 Å². The van der Waals surface area contributed by atoms with E-state index in [1.165, 1.54) is 0 Å². The Kier molecular flexibility index (Phi) is 8.74. The molecule has 0 bridgehead atoms. The Hall–Kier alpha value is -2.32. The Labute approximate surface area is 250 Å². The maximum absolute atomic E-state index is 13.8. The number of hydrogen-bond acceptors (Lipinski definition) is 9. The van der Waals surface area contributed by atoms with Crippen molar-refractivity contribution < 1.29 is 18.4 Å².